The zero-order valence-corrected chi connectivity index (χ0v) is 11.2. The standard InChI is InChI=1S/C14H18F2O3/c1-4-19-14(18)12(8(2)3)13(17)10-6-5-9(15)7-11(10)16/h5-8,12-13,17H,4H2,1-3H3. The Balaban J connectivity index is 3.05. The summed E-state index contributed by atoms with van der Waals surface area (Å²) >= 11 is 0. The number of aliphatic hydroxyl groups excluding tert-OH is 1. The van der Waals surface area contributed by atoms with E-state index in [0.29, 0.717) is 6.07 Å². The summed E-state index contributed by atoms with van der Waals surface area (Å²) in [6.45, 7) is 5.29. The summed E-state index contributed by atoms with van der Waals surface area (Å²) in [6.07, 6.45) is -1.36. The van der Waals surface area contributed by atoms with E-state index in [-0.39, 0.29) is 18.1 Å². The molecule has 0 radical (unpaired) electrons. The number of carbonyl (C=O) groups is 1. The third-order valence-corrected chi connectivity index (χ3v) is 2.90. The molecule has 2 unspecified atom stereocenters. The summed E-state index contributed by atoms with van der Waals surface area (Å²) < 4.78 is 31.3. The summed E-state index contributed by atoms with van der Waals surface area (Å²) in [5, 5.41) is 10.2. The number of hydrogen-bond donors (Lipinski definition) is 1. The molecule has 0 aliphatic heterocycles. The van der Waals surface area contributed by atoms with Crippen LogP contribution in [0.25, 0.3) is 0 Å². The van der Waals surface area contributed by atoms with Gasteiger partial charge in [0.25, 0.3) is 0 Å². The quantitative estimate of drug-likeness (QED) is 0.838. The first kappa shape index (κ1) is 15.6. The van der Waals surface area contributed by atoms with Gasteiger partial charge in [-0.1, -0.05) is 19.9 Å². The lowest BCUT2D eigenvalue weighted by Crippen LogP contribution is -2.29. The van der Waals surface area contributed by atoms with Crippen molar-refractivity contribution in [3.8, 4) is 0 Å². The molecule has 1 aromatic carbocycles. The molecule has 0 amide bonds. The van der Waals surface area contributed by atoms with E-state index in [0.717, 1.165) is 12.1 Å². The second-order valence-electron chi connectivity index (χ2n) is 4.63. The molecule has 0 saturated carbocycles. The first-order valence-corrected chi connectivity index (χ1v) is 6.18. The van der Waals surface area contributed by atoms with E-state index in [1.807, 2.05) is 0 Å². The third-order valence-electron chi connectivity index (χ3n) is 2.90. The number of rotatable bonds is 5. The van der Waals surface area contributed by atoms with Gasteiger partial charge in [-0.25, -0.2) is 8.78 Å². The molecule has 0 aromatic heterocycles. The second kappa shape index (κ2) is 6.61. The number of esters is 1. The first-order valence-electron chi connectivity index (χ1n) is 6.18. The Bertz CT molecular complexity index is 446. The molecule has 19 heavy (non-hydrogen) atoms. The van der Waals surface area contributed by atoms with Crippen LogP contribution in [-0.2, 0) is 9.53 Å². The fraction of sp³-hybridized carbons (Fsp3) is 0.500. The van der Waals surface area contributed by atoms with Crippen LogP contribution in [0.2, 0.25) is 0 Å². The molecule has 1 N–H and O–H groups in total. The molecular formula is C14H18F2O3. The molecule has 0 spiro atoms. The summed E-state index contributed by atoms with van der Waals surface area (Å²) in [5.74, 6) is -3.32. The fourth-order valence-electron chi connectivity index (χ4n) is 1.94. The maximum Gasteiger partial charge on any atom is 0.312 e. The van der Waals surface area contributed by atoms with Crippen molar-refractivity contribution in [3.63, 3.8) is 0 Å². The number of carbonyl (C=O) groups excluding carboxylic acids is 1. The van der Waals surface area contributed by atoms with Gasteiger partial charge in [0.15, 0.2) is 0 Å². The number of hydrogen-bond acceptors (Lipinski definition) is 3. The van der Waals surface area contributed by atoms with Crippen LogP contribution in [-0.4, -0.2) is 17.7 Å². The van der Waals surface area contributed by atoms with Crippen LogP contribution >= 0.6 is 0 Å². The van der Waals surface area contributed by atoms with E-state index < -0.39 is 29.6 Å². The Morgan fingerprint density at radius 1 is 1.37 bits per heavy atom. The highest BCUT2D eigenvalue weighted by Crippen LogP contribution is 2.31. The van der Waals surface area contributed by atoms with Crippen molar-refractivity contribution in [2.75, 3.05) is 6.61 Å². The van der Waals surface area contributed by atoms with Crippen LogP contribution in [0.5, 0.6) is 0 Å². The highest BCUT2D eigenvalue weighted by atomic mass is 19.1. The number of halogens is 2. The van der Waals surface area contributed by atoms with Gasteiger partial charge in [-0.15, -0.1) is 0 Å². The Morgan fingerprint density at radius 3 is 2.47 bits per heavy atom. The van der Waals surface area contributed by atoms with E-state index >= 15 is 0 Å². The van der Waals surface area contributed by atoms with Gasteiger partial charge in [-0.05, 0) is 18.9 Å². The summed E-state index contributed by atoms with van der Waals surface area (Å²) in [7, 11) is 0. The van der Waals surface area contributed by atoms with Gasteiger partial charge in [0, 0.05) is 11.6 Å². The van der Waals surface area contributed by atoms with Gasteiger partial charge in [-0.3, -0.25) is 4.79 Å². The highest BCUT2D eigenvalue weighted by Gasteiger charge is 2.33. The molecule has 1 rings (SSSR count). The van der Waals surface area contributed by atoms with Crippen molar-refractivity contribution < 1.29 is 23.4 Å². The molecule has 0 saturated heterocycles. The minimum atomic E-state index is -1.36. The van der Waals surface area contributed by atoms with Crippen LogP contribution in [0.3, 0.4) is 0 Å². The van der Waals surface area contributed by atoms with Gasteiger partial charge in [0.1, 0.15) is 11.6 Å². The van der Waals surface area contributed by atoms with E-state index in [2.05, 4.69) is 0 Å². The summed E-state index contributed by atoms with van der Waals surface area (Å²) in [5.41, 5.74) is -0.104. The zero-order chi connectivity index (χ0) is 14.6. The number of ether oxygens (including phenoxy) is 1. The lowest BCUT2D eigenvalue weighted by atomic mass is 9.86. The fourth-order valence-corrected chi connectivity index (χ4v) is 1.94. The molecule has 0 bridgehead atoms. The van der Waals surface area contributed by atoms with Crippen molar-refractivity contribution in [1.29, 1.82) is 0 Å². The molecule has 1 aromatic rings. The molecule has 3 nitrogen and oxygen atoms in total. The molecule has 0 aliphatic carbocycles. The summed E-state index contributed by atoms with van der Waals surface area (Å²) in [4.78, 5) is 11.8. The summed E-state index contributed by atoms with van der Waals surface area (Å²) in [6, 6.07) is 2.87. The number of aliphatic hydroxyl groups is 1. The molecule has 5 heteroatoms. The van der Waals surface area contributed by atoms with Crippen molar-refractivity contribution in [2.45, 2.75) is 26.9 Å². The maximum atomic E-state index is 13.6. The van der Waals surface area contributed by atoms with E-state index in [1.54, 1.807) is 20.8 Å². The van der Waals surface area contributed by atoms with E-state index in [4.69, 9.17) is 4.74 Å². The Morgan fingerprint density at radius 2 is 2.00 bits per heavy atom. The third kappa shape index (κ3) is 3.73. The van der Waals surface area contributed by atoms with Gasteiger partial charge in [-0.2, -0.15) is 0 Å². The van der Waals surface area contributed by atoms with Gasteiger partial charge >= 0.3 is 5.97 Å². The minimum absolute atomic E-state index is 0.104. The highest BCUT2D eigenvalue weighted by molar-refractivity contribution is 5.73. The average Bonchev–Trinajstić information content (AvgIpc) is 2.28. The normalized spacial score (nSPS) is 14.3. The topological polar surface area (TPSA) is 46.5 Å². The monoisotopic (exact) mass is 272 g/mol. The van der Waals surface area contributed by atoms with E-state index in [1.165, 1.54) is 0 Å². The van der Waals surface area contributed by atoms with Crippen molar-refractivity contribution in [2.24, 2.45) is 11.8 Å². The van der Waals surface area contributed by atoms with Crippen LogP contribution in [0, 0.1) is 23.5 Å². The molecule has 2 atom stereocenters. The Labute approximate surface area is 111 Å². The van der Waals surface area contributed by atoms with Gasteiger partial charge in [0.05, 0.1) is 18.6 Å². The molecule has 0 fully saturated rings. The Kier molecular flexibility index (Phi) is 5.42. The molecule has 106 valence electrons. The lowest BCUT2D eigenvalue weighted by molar-refractivity contribution is -0.154. The largest absolute Gasteiger partial charge is 0.466 e. The van der Waals surface area contributed by atoms with Crippen molar-refractivity contribution >= 4 is 5.97 Å². The Hall–Kier alpha value is -1.49. The predicted molar refractivity (Wildman–Crippen MR) is 66.3 cm³/mol. The van der Waals surface area contributed by atoms with E-state index in [9.17, 15) is 18.7 Å². The van der Waals surface area contributed by atoms with Crippen LogP contribution < -0.4 is 0 Å². The number of benzene rings is 1. The zero-order valence-electron chi connectivity index (χ0n) is 11.2. The maximum absolute atomic E-state index is 13.6. The molecular weight excluding hydrogens is 254 g/mol. The van der Waals surface area contributed by atoms with Crippen LogP contribution in [0.1, 0.15) is 32.4 Å². The average molecular weight is 272 g/mol. The molecule has 0 heterocycles. The van der Waals surface area contributed by atoms with Crippen LogP contribution in [0.15, 0.2) is 18.2 Å². The lowest BCUT2D eigenvalue weighted by Gasteiger charge is -2.25. The smallest absolute Gasteiger partial charge is 0.312 e. The van der Waals surface area contributed by atoms with Crippen LogP contribution in [0.4, 0.5) is 8.78 Å². The first-order chi connectivity index (χ1) is 8.88. The predicted octanol–water partition coefficient (Wildman–Crippen LogP) is 2.83. The van der Waals surface area contributed by atoms with Gasteiger partial charge in [0.2, 0.25) is 0 Å². The van der Waals surface area contributed by atoms with Crippen molar-refractivity contribution in [1.82, 2.24) is 0 Å². The second-order valence-corrected chi connectivity index (χ2v) is 4.63. The SMILES string of the molecule is CCOC(=O)C(C(C)C)C(O)c1ccc(F)cc1F. The van der Waals surface area contributed by atoms with Gasteiger partial charge < -0.3 is 9.84 Å². The molecule has 0 aliphatic rings. The van der Waals surface area contributed by atoms with Crippen molar-refractivity contribution in [3.05, 3.63) is 35.4 Å². The minimum Gasteiger partial charge on any atom is -0.466 e.